The number of aromatic nitrogens is 3. The Morgan fingerprint density at radius 3 is 2.89 bits per heavy atom. The predicted molar refractivity (Wildman–Crippen MR) is 105 cm³/mol. The van der Waals surface area contributed by atoms with Crippen LogP contribution in [0, 0.1) is 5.82 Å². The number of nitrogens with zero attached hydrogens (tertiary/aromatic N) is 3. The number of unbranched alkanes of at least 4 members (excludes halogenated alkanes) is 1. The highest BCUT2D eigenvalue weighted by atomic mass is 19.1. The maximum absolute atomic E-state index is 14.6. The number of hydrogen-bond acceptors (Lipinski definition) is 4. The van der Waals surface area contributed by atoms with Gasteiger partial charge in [-0.25, -0.2) is 19.2 Å². The quantitative estimate of drug-likeness (QED) is 0.509. The van der Waals surface area contributed by atoms with E-state index in [1.54, 1.807) is 11.6 Å². The fourth-order valence-corrected chi connectivity index (χ4v) is 2.99. The van der Waals surface area contributed by atoms with Crippen LogP contribution in [-0.4, -0.2) is 34.3 Å². The molecule has 0 aliphatic rings. The molecule has 0 unspecified atom stereocenters. The summed E-state index contributed by atoms with van der Waals surface area (Å²) in [5.41, 5.74) is 2.37. The molecule has 0 saturated heterocycles. The Morgan fingerprint density at radius 1 is 1.44 bits per heavy atom. The second-order valence-electron chi connectivity index (χ2n) is 6.15. The van der Waals surface area contributed by atoms with Crippen LogP contribution in [0.3, 0.4) is 0 Å². The molecule has 0 aliphatic carbocycles. The lowest BCUT2D eigenvalue weighted by molar-refractivity contribution is 0.0600. The van der Waals surface area contributed by atoms with Crippen molar-refractivity contribution in [2.24, 2.45) is 12.0 Å². The smallest absolute Gasteiger partial charge is 0.338 e. The number of carbonyl (C=O) groups excluding carboxylic acids is 1. The van der Waals surface area contributed by atoms with Crippen molar-refractivity contribution >= 4 is 35.6 Å². The molecule has 6 nitrogen and oxygen atoms in total. The van der Waals surface area contributed by atoms with Crippen molar-refractivity contribution in [1.82, 2.24) is 14.5 Å². The molecule has 27 heavy (non-hydrogen) atoms. The molecule has 0 aliphatic heterocycles. The van der Waals surface area contributed by atoms with Crippen LogP contribution in [0.1, 0.15) is 35.7 Å². The number of esters is 1. The van der Waals surface area contributed by atoms with E-state index in [9.17, 15) is 9.18 Å². The van der Waals surface area contributed by atoms with Crippen LogP contribution in [0.5, 0.6) is 0 Å². The molecule has 7 heteroatoms. The van der Waals surface area contributed by atoms with Crippen molar-refractivity contribution in [3.63, 3.8) is 0 Å². The highest BCUT2D eigenvalue weighted by molar-refractivity contribution is 5.94. The van der Waals surface area contributed by atoms with E-state index in [0.717, 1.165) is 24.5 Å². The van der Waals surface area contributed by atoms with Crippen LogP contribution < -0.4 is 0 Å². The molecule has 3 aromatic rings. The van der Waals surface area contributed by atoms with Crippen LogP contribution in [0.15, 0.2) is 29.3 Å². The maximum atomic E-state index is 14.6. The molecule has 2 aromatic heterocycles. The van der Waals surface area contributed by atoms with Crippen LogP contribution in [0.25, 0.3) is 28.6 Å². The molecule has 0 amide bonds. The fourth-order valence-electron chi connectivity index (χ4n) is 2.99. The summed E-state index contributed by atoms with van der Waals surface area (Å²) in [5, 5.41) is 0. The first-order chi connectivity index (χ1) is 13.0. The third kappa shape index (κ3) is 3.40. The molecule has 2 heterocycles. The third-order valence-corrected chi connectivity index (χ3v) is 4.32. The third-order valence-electron chi connectivity index (χ3n) is 4.32. The van der Waals surface area contributed by atoms with Crippen LogP contribution >= 0.6 is 0 Å². The number of allylic oxidation sites excluding steroid dienone is 1. The van der Waals surface area contributed by atoms with Gasteiger partial charge in [-0.1, -0.05) is 25.5 Å². The Labute approximate surface area is 156 Å². The van der Waals surface area contributed by atoms with Crippen molar-refractivity contribution < 1.29 is 13.9 Å². The zero-order valence-electron chi connectivity index (χ0n) is 15.5. The van der Waals surface area contributed by atoms with Gasteiger partial charge in [-0.2, -0.15) is 0 Å². The highest BCUT2D eigenvalue weighted by Crippen LogP contribution is 2.30. The summed E-state index contributed by atoms with van der Waals surface area (Å²) in [7, 11) is 2.98. The van der Waals surface area contributed by atoms with E-state index in [1.165, 1.54) is 13.2 Å². The molecule has 1 aromatic carbocycles. The number of imidazole rings is 1. The van der Waals surface area contributed by atoms with Crippen LogP contribution in [0.4, 0.5) is 10.2 Å². The molecule has 1 N–H and O–H groups in total. The Hall–Kier alpha value is -3.22. The standard InChI is InChI=1S/C20H21FN4O2/c1-5-6-7-8-12-10-16(23-18(12)22-2)19-24-15-11-13(20(26)27-4)9-14(21)17(15)25(19)3/h7-11,23H,2,5-6H2,1,3-4H3/b8-7-. The van der Waals surface area contributed by atoms with Gasteiger partial charge in [0.2, 0.25) is 0 Å². The van der Waals surface area contributed by atoms with Gasteiger partial charge in [0.25, 0.3) is 0 Å². The van der Waals surface area contributed by atoms with Crippen LogP contribution in [-0.2, 0) is 11.8 Å². The lowest BCUT2D eigenvalue weighted by Crippen LogP contribution is -2.02. The molecule has 0 saturated carbocycles. The molecule has 0 atom stereocenters. The van der Waals surface area contributed by atoms with Gasteiger partial charge in [0.05, 0.1) is 23.9 Å². The summed E-state index contributed by atoms with van der Waals surface area (Å²) < 4.78 is 20.9. The molecular formula is C20H21FN4O2. The highest BCUT2D eigenvalue weighted by Gasteiger charge is 2.19. The summed E-state index contributed by atoms with van der Waals surface area (Å²) in [6, 6.07) is 4.58. The fraction of sp³-hybridized carbons (Fsp3) is 0.250. The minimum Gasteiger partial charge on any atom is -0.465 e. The molecule has 0 bridgehead atoms. The summed E-state index contributed by atoms with van der Waals surface area (Å²) in [4.78, 5) is 23.4. The van der Waals surface area contributed by atoms with Crippen molar-refractivity contribution in [2.75, 3.05) is 7.11 Å². The van der Waals surface area contributed by atoms with Gasteiger partial charge < -0.3 is 14.3 Å². The van der Waals surface area contributed by atoms with Gasteiger partial charge in [-0.05, 0) is 31.3 Å². The van der Waals surface area contributed by atoms with E-state index >= 15 is 0 Å². The summed E-state index contributed by atoms with van der Waals surface area (Å²) in [5.74, 6) is 0.0151. The van der Waals surface area contributed by atoms with Crippen LogP contribution in [0.2, 0.25) is 0 Å². The van der Waals surface area contributed by atoms with E-state index in [-0.39, 0.29) is 5.56 Å². The van der Waals surface area contributed by atoms with Crippen molar-refractivity contribution in [2.45, 2.75) is 19.8 Å². The summed E-state index contributed by atoms with van der Waals surface area (Å²) >= 11 is 0. The summed E-state index contributed by atoms with van der Waals surface area (Å²) in [6.07, 6.45) is 6.06. The van der Waals surface area contributed by atoms with E-state index in [0.29, 0.717) is 28.4 Å². The lowest BCUT2D eigenvalue weighted by Gasteiger charge is -2.02. The number of methoxy groups -OCH3 is 1. The van der Waals surface area contributed by atoms with Gasteiger partial charge >= 0.3 is 5.97 Å². The minimum atomic E-state index is -0.607. The maximum Gasteiger partial charge on any atom is 0.338 e. The number of hydrogen-bond donors (Lipinski definition) is 1. The van der Waals surface area contributed by atoms with Crippen molar-refractivity contribution in [3.8, 4) is 11.5 Å². The number of ether oxygens (including phenoxy) is 1. The number of aromatic amines is 1. The second-order valence-corrected chi connectivity index (χ2v) is 6.15. The first kappa shape index (κ1) is 18.6. The van der Waals surface area contributed by atoms with Crippen molar-refractivity contribution in [1.29, 1.82) is 0 Å². The number of aryl methyl sites for hydroxylation is 1. The first-order valence-corrected chi connectivity index (χ1v) is 8.61. The van der Waals surface area contributed by atoms with Gasteiger partial charge in [0, 0.05) is 12.6 Å². The molecule has 3 rings (SSSR count). The SMILES string of the molecule is C=Nc1[nH]c(-c2nc3cc(C(=O)OC)cc(F)c3n2C)cc1/C=C\CCC. The largest absolute Gasteiger partial charge is 0.465 e. The number of benzene rings is 1. The molecule has 0 radical (unpaired) electrons. The second kappa shape index (κ2) is 7.57. The lowest BCUT2D eigenvalue weighted by atomic mass is 10.2. The average Bonchev–Trinajstić information content (AvgIpc) is 3.22. The zero-order chi connectivity index (χ0) is 19.6. The average molecular weight is 368 g/mol. The number of aliphatic imine (C=N–C) groups is 1. The van der Waals surface area contributed by atoms with E-state index in [1.807, 2.05) is 12.1 Å². The Balaban J connectivity index is 2.12. The molecule has 0 spiro atoms. The molecular weight excluding hydrogens is 347 g/mol. The Morgan fingerprint density at radius 2 is 2.22 bits per heavy atom. The van der Waals surface area contributed by atoms with Gasteiger partial charge in [0.15, 0.2) is 5.82 Å². The number of H-pyrrole nitrogens is 1. The Bertz CT molecular complexity index is 1050. The zero-order valence-corrected chi connectivity index (χ0v) is 15.5. The number of rotatable bonds is 6. The Kier molecular flexibility index (Phi) is 5.21. The topological polar surface area (TPSA) is 72.3 Å². The predicted octanol–water partition coefficient (Wildman–Crippen LogP) is 4.64. The van der Waals surface area contributed by atoms with E-state index in [4.69, 9.17) is 0 Å². The number of nitrogens with one attached hydrogen (secondary N) is 1. The van der Waals surface area contributed by atoms with Gasteiger partial charge in [-0.15, -0.1) is 0 Å². The number of carbonyl (C=O) groups is 1. The molecule has 140 valence electrons. The normalized spacial score (nSPS) is 11.4. The first-order valence-electron chi connectivity index (χ1n) is 8.61. The van der Waals surface area contributed by atoms with E-state index < -0.39 is 11.8 Å². The van der Waals surface area contributed by atoms with Crippen molar-refractivity contribution in [3.05, 3.63) is 41.2 Å². The monoisotopic (exact) mass is 368 g/mol. The van der Waals surface area contributed by atoms with Gasteiger partial charge in [-0.3, -0.25) is 0 Å². The van der Waals surface area contributed by atoms with Gasteiger partial charge in [0.1, 0.15) is 17.2 Å². The molecule has 0 fully saturated rings. The summed E-state index contributed by atoms with van der Waals surface area (Å²) in [6.45, 7) is 5.70. The number of halogens is 1. The van der Waals surface area contributed by atoms with E-state index in [2.05, 4.69) is 39.4 Å². The minimum absolute atomic E-state index is 0.121. The number of fused-ring (bicyclic) bond motifs is 1.